The van der Waals surface area contributed by atoms with Gasteiger partial charge in [0.05, 0.1) is 23.9 Å². The van der Waals surface area contributed by atoms with Gasteiger partial charge in [0, 0.05) is 12.2 Å². The molecule has 10 heteroatoms. The van der Waals surface area contributed by atoms with Crippen LogP contribution in [0.1, 0.15) is 19.9 Å². The van der Waals surface area contributed by atoms with Crippen molar-refractivity contribution in [2.24, 2.45) is 0 Å². The minimum absolute atomic E-state index is 0.254. The lowest BCUT2D eigenvalue weighted by molar-refractivity contribution is -0.192. The number of imidazole rings is 1. The van der Waals surface area contributed by atoms with Crippen LogP contribution in [0.25, 0.3) is 11.4 Å². The Morgan fingerprint density at radius 2 is 2.00 bits per heavy atom. The molecule has 0 saturated carbocycles. The van der Waals surface area contributed by atoms with Gasteiger partial charge in [-0.2, -0.15) is 13.2 Å². The minimum Gasteiger partial charge on any atom is -0.475 e. The Labute approximate surface area is 128 Å². The van der Waals surface area contributed by atoms with Gasteiger partial charge in [-0.05, 0) is 31.5 Å². The third-order valence-electron chi connectivity index (χ3n) is 2.35. The molecule has 0 unspecified atom stereocenters. The van der Waals surface area contributed by atoms with Crippen molar-refractivity contribution in [1.29, 1.82) is 0 Å². The normalized spacial score (nSPS) is 11.0. The zero-order valence-electron chi connectivity index (χ0n) is 11.5. The van der Waals surface area contributed by atoms with Crippen LogP contribution >= 0.6 is 11.6 Å². The molecule has 0 atom stereocenters. The van der Waals surface area contributed by atoms with Crippen LogP contribution in [0.3, 0.4) is 0 Å². The highest BCUT2D eigenvalue weighted by Crippen LogP contribution is 2.20. The highest BCUT2D eigenvalue weighted by atomic mass is 35.5. The number of carboxylic acid groups (broad SMARTS) is 1. The summed E-state index contributed by atoms with van der Waals surface area (Å²) < 4.78 is 33.8. The molecule has 2 rings (SSSR count). The molecule has 0 spiro atoms. The number of halogens is 4. The van der Waals surface area contributed by atoms with E-state index >= 15 is 0 Å². The lowest BCUT2D eigenvalue weighted by Gasteiger charge is -2.10. The number of aromatic nitrogens is 4. The van der Waals surface area contributed by atoms with Crippen LogP contribution in [0.2, 0.25) is 5.28 Å². The number of aliphatic carboxylic acids is 1. The highest BCUT2D eigenvalue weighted by Gasteiger charge is 2.38. The Balaban J connectivity index is 0.000000295. The molecule has 0 amide bonds. The van der Waals surface area contributed by atoms with E-state index in [1.807, 2.05) is 10.6 Å². The van der Waals surface area contributed by atoms with E-state index in [2.05, 4.69) is 28.8 Å². The van der Waals surface area contributed by atoms with Crippen molar-refractivity contribution in [3.05, 3.63) is 30.1 Å². The van der Waals surface area contributed by atoms with Crippen molar-refractivity contribution < 1.29 is 23.1 Å². The number of carbonyl (C=O) groups is 1. The quantitative estimate of drug-likeness (QED) is 0.852. The summed E-state index contributed by atoms with van der Waals surface area (Å²) in [5.74, 6) is -2.76. The molecular weight excluding hydrogens is 325 g/mol. The average molecular weight is 337 g/mol. The lowest BCUT2D eigenvalue weighted by Crippen LogP contribution is -2.21. The van der Waals surface area contributed by atoms with E-state index in [4.69, 9.17) is 21.5 Å². The molecule has 0 aliphatic rings. The Bertz CT molecular complexity index is 643. The molecule has 2 aromatic heterocycles. The fourth-order valence-electron chi connectivity index (χ4n) is 1.39. The van der Waals surface area contributed by atoms with E-state index in [9.17, 15) is 13.2 Å². The summed E-state index contributed by atoms with van der Waals surface area (Å²) in [7, 11) is 0. The second-order valence-corrected chi connectivity index (χ2v) is 4.63. The van der Waals surface area contributed by atoms with Crippen LogP contribution in [0, 0.1) is 0 Å². The molecule has 22 heavy (non-hydrogen) atoms. The predicted octanol–water partition coefficient (Wildman–Crippen LogP) is 3.21. The van der Waals surface area contributed by atoms with E-state index in [0.717, 1.165) is 11.4 Å². The molecule has 0 radical (unpaired) electrons. The van der Waals surface area contributed by atoms with Crippen LogP contribution in [0.15, 0.2) is 24.8 Å². The highest BCUT2D eigenvalue weighted by molar-refractivity contribution is 6.28. The smallest absolute Gasteiger partial charge is 0.475 e. The first-order valence-corrected chi connectivity index (χ1v) is 6.31. The van der Waals surface area contributed by atoms with Gasteiger partial charge in [0.15, 0.2) is 0 Å². The largest absolute Gasteiger partial charge is 0.490 e. The third kappa shape index (κ3) is 4.99. The summed E-state index contributed by atoms with van der Waals surface area (Å²) in [5.41, 5.74) is 1.75. The first-order chi connectivity index (χ1) is 10.1. The van der Waals surface area contributed by atoms with Crippen LogP contribution in [0.5, 0.6) is 0 Å². The molecule has 2 heterocycles. The second-order valence-electron chi connectivity index (χ2n) is 4.29. The number of alkyl halides is 3. The maximum atomic E-state index is 10.6. The zero-order valence-corrected chi connectivity index (χ0v) is 12.3. The average Bonchev–Trinajstić information content (AvgIpc) is 2.87. The number of hydrogen-bond acceptors (Lipinski definition) is 4. The van der Waals surface area contributed by atoms with Gasteiger partial charge >= 0.3 is 12.1 Å². The second kappa shape index (κ2) is 7.21. The molecule has 1 N–H and O–H groups in total. The summed E-state index contributed by atoms with van der Waals surface area (Å²) in [6.45, 7) is 4.18. The summed E-state index contributed by atoms with van der Waals surface area (Å²) >= 11 is 5.74. The van der Waals surface area contributed by atoms with Crippen LogP contribution in [-0.4, -0.2) is 36.8 Å². The topological polar surface area (TPSA) is 80.9 Å². The zero-order chi connectivity index (χ0) is 16.9. The lowest BCUT2D eigenvalue weighted by atomic mass is 10.3. The Kier molecular flexibility index (Phi) is 5.86. The van der Waals surface area contributed by atoms with Crippen molar-refractivity contribution >= 4 is 17.6 Å². The molecule has 6 nitrogen and oxygen atoms in total. The fraction of sp³-hybridized carbons (Fsp3) is 0.333. The van der Waals surface area contributed by atoms with Gasteiger partial charge in [-0.3, -0.25) is 0 Å². The van der Waals surface area contributed by atoms with Crippen LogP contribution in [0.4, 0.5) is 13.2 Å². The number of hydrogen-bond donors (Lipinski definition) is 1. The van der Waals surface area contributed by atoms with Crippen molar-refractivity contribution in [2.75, 3.05) is 0 Å². The molecule has 0 saturated heterocycles. The molecule has 0 aliphatic carbocycles. The Hall–Kier alpha value is -2.16. The van der Waals surface area contributed by atoms with Gasteiger partial charge in [-0.15, -0.1) is 0 Å². The summed E-state index contributed by atoms with van der Waals surface area (Å²) in [6.07, 6.45) is 0.122. The Morgan fingerprint density at radius 1 is 1.41 bits per heavy atom. The van der Waals surface area contributed by atoms with Gasteiger partial charge in [-0.1, -0.05) is 0 Å². The number of rotatable bonds is 2. The van der Waals surface area contributed by atoms with Gasteiger partial charge in [0.1, 0.15) is 0 Å². The van der Waals surface area contributed by atoms with Crippen molar-refractivity contribution in [3.8, 4) is 11.4 Å². The monoisotopic (exact) mass is 336 g/mol. The van der Waals surface area contributed by atoms with Crippen molar-refractivity contribution in [2.45, 2.75) is 26.1 Å². The molecular formula is C12H12ClF3N4O2. The maximum Gasteiger partial charge on any atom is 0.490 e. The first kappa shape index (κ1) is 17.9. The Morgan fingerprint density at radius 3 is 2.45 bits per heavy atom. The molecule has 0 aromatic carbocycles. The van der Waals surface area contributed by atoms with Crippen molar-refractivity contribution in [1.82, 2.24) is 19.5 Å². The molecule has 120 valence electrons. The summed E-state index contributed by atoms with van der Waals surface area (Å²) in [5, 5.41) is 7.38. The number of nitrogens with zero attached hydrogens (tertiary/aromatic N) is 4. The van der Waals surface area contributed by atoms with E-state index in [1.165, 1.54) is 0 Å². The third-order valence-corrected chi connectivity index (χ3v) is 2.54. The number of carboxylic acids is 1. The van der Waals surface area contributed by atoms with Crippen LogP contribution in [-0.2, 0) is 4.79 Å². The van der Waals surface area contributed by atoms with E-state index in [1.54, 1.807) is 18.7 Å². The van der Waals surface area contributed by atoms with Gasteiger partial charge in [0.2, 0.25) is 5.28 Å². The standard InChI is InChI=1S/C10H11ClN4.C2HF3O2/c1-7(2)15-6-12-5-9(15)8-3-4-13-10(11)14-8;3-2(4,5)1(6)7/h3-7H,1-2H3;(H,6,7). The first-order valence-electron chi connectivity index (χ1n) is 5.93. The van der Waals surface area contributed by atoms with Gasteiger partial charge in [-0.25, -0.2) is 19.7 Å². The van der Waals surface area contributed by atoms with E-state index < -0.39 is 12.1 Å². The SMILES string of the molecule is CC(C)n1cncc1-c1ccnc(Cl)n1.O=C(O)C(F)(F)F. The summed E-state index contributed by atoms with van der Waals surface area (Å²) in [4.78, 5) is 21.0. The van der Waals surface area contributed by atoms with Gasteiger partial charge in [0.25, 0.3) is 0 Å². The van der Waals surface area contributed by atoms with Gasteiger partial charge < -0.3 is 9.67 Å². The van der Waals surface area contributed by atoms with Crippen molar-refractivity contribution in [3.63, 3.8) is 0 Å². The molecule has 0 bridgehead atoms. The van der Waals surface area contributed by atoms with E-state index in [-0.39, 0.29) is 5.28 Å². The fourth-order valence-corrected chi connectivity index (χ4v) is 1.54. The molecule has 2 aromatic rings. The molecule has 0 fully saturated rings. The van der Waals surface area contributed by atoms with Crippen LogP contribution < -0.4 is 0 Å². The summed E-state index contributed by atoms with van der Waals surface area (Å²) in [6, 6.07) is 2.16. The minimum atomic E-state index is -5.08. The molecule has 0 aliphatic heterocycles. The predicted molar refractivity (Wildman–Crippen MR) is 72.3 cm³/mol. The maximum absolute atomic E-state index is 10.6. The van der Waals surface area contributed by atoms with E-state index in [0.29, 0.717) is 6.04 Å².